The molecule has 0 aromatic heterocycles. The first-order valence-corrected chi connectivity index (χ1v) is 9.53. The predicted octanol–water partition coefficient (Wildman–Crippen LogP) is 3.56. The molecule has 3 N–H and O–H groups in total. The molecule has 0 bridgehead atoms. The van der Waals surface area contributed by atoms with Crippen LogP contribution in [-0.2, 0) is 20.9 Å². The Morgan fingerprint density at radius 3 is 2.63 bits per heavy atom. The van der Waals surface area contributed by atoms with Crippen molar-refractivity contribution in [1.82, 2.24) is 5.32 Å². The summed E-state index contributed by atoms with van der Waals surface area (Å²) >= 11 is 0. The molecular formula is C23H21FN2O4. The fraction of sp³-hybridized carbons (Fsp3) is 0.217. The highest BCUT2D eigenvalue weighted by molar-refractivity contribution is 6.32. The number of carbonyl (C=O) groups is 2. The molecule has 1 amide bonds. The number of aliphatic carboxylic acids is 1. The van der Waals surface area contributed by atoms with E-state index in [1.165, 1.54) is 18.2 Å². The minimum Gasteiger partial charge on any atom is -0.482 e. The Morgan fingerprint density at radius 1 is 1.20 bits per heavy atom. The minimum absolute atomic E-state index is 0.102. The van der Waals surface area contributed by atoms with E-state index in [0.29, 0.717) is 29.1 Å². The molecule has 2 aliphatic rings. The summed E-state index contributed by atoms with van der Waals surface area (Å²) < 4.78 is 19.9. The summed E-state index contributed by atoms with van der Waals surface area (Å²) in [5, 5.41) is 14.3. The molecule has 0 unspecified atom stereocenters. The van der Waals surface area contributed by atoms with Crippen molar-refractivity contribution in [1.29, 1.82) is 0 Å². The molecule has 7 heteroatoms. The van der Waals surface area contributed by atoms with Crippen molar-refractivity contribution in [2.45, 2.75) is 26.0 Å². The number of rotatable bonds is 5. The minimum atomic E-state index is -0.903. The molecule has 2 aliphatic heterocycles. The fourth-order valence-electron chi connectivity index (χ4n) is 3.72. The van der Waals surface area contributed by atoms with Crippen molar-refractivity contribution in [3.8, 4) is 0 Å². The molecule has 0 spiro atoms. The van der Waals surface area contributed by atoms with Crippen LogP contribution in [0.15, 0.2) is 54.3 Å². The summed E-state index contributed by atoms with van der Waals surface area (Å²) in [7, 11) is 0. The second-order valence-corrected chi connectivity index (χ2v) is 7.75. The lowest BCUT2D eigenvalue weighted by Crippen LogP contribution is -2.22. The maximum Gasteiger partial charge on any atom is 0.317 e. The number of carbonyl (C=O) groups excluding carboxylic acids is 1. The fourth-order valence-corrected chi connectivity index (χ4v) is 3.72. The van der Waals surface area contributed by atoms with Gasteiger partial charge >= 0.3 is 5.97 Å². The lowest BCUT2D eigenvalue weighted by atomic mass is 9.91. The molecule has 2 heterocycles. The average Bonchev–Trinajstić information content (AvgIpc) is 3.16. The van der Waals surface area contributed by atoms with Crippen LogP contribution in [-0.4, -0.2) is 29.1 Å². The standard InChI is InChI=1S/C23H21FN2O4/c1-23(2)17(14-5-3-13(4-6-14)11-25-12-20(27)28)10-19(30-23)21-16-9-15(24)7-8-18(16)26-22(21)29/h3-10,25H,11-12H2,1-2H3,(H,26,29)(H,27,28)/b21-19+. The second-order valence-electron chi connectivity index (χ2n) is 7.75. The van der Waals surface area contributed by atoms with E-state index in [-0.39, 0.29) is 12.5 Å². The monoisotopic (exact) mass is 408 g/mol. The summed E-state index contributed by atoms with van der Waals surface area (Å²) in [6.07, 6.45) is 1.83. The van der Waals surface area contributed by atoms with Gasteiger partial charge in [0, 0.05) is 23.4 Å². The molecule has 0 radical (unpaired) electrons. The van der Waals surface area contributed by atoms with Crippen molar-refractivity contribution in [3.63, 3.8) is 0 Å². The van der Waals surface area contributed by atoms with Crippen molar-refractivity contribution >= 4 is 28.7 Å². The van der Waals surface area contributed by atoms with Gasteiger partial charge in [-0.1, -0.05) is 24.3 Å². The number of allylic oxidation sites excluding steroid dienone is 1. The first-order chi connectivity index (χ1) is 14.2. The van der Waals surface area contributed by atoms with Gasteiger partial charge in [0.15, 0.2) is 0 Å². The smallest absolute Gasteiger partial charge is 0.317 e. The van der Waals surface area contributed by atoms with E-state index in [0.717, 1.165) is 16.7 Å². The van der Waals surface area contributed by atoms with Gasteiger partial charge in [-0.3, -0.25) is 9.59 Å². The van der Waals surface area contributed by atoms with E-state index in [4.69, 9.17) is 9.84 Å². The van der Waals surface area contributed by atoms with E-state index in [1.54, 1.807) is 0 Å². The van der Waals surface area contributed by atoms with Gasteiger partial charge in [-0.05, 0) is 49.2 Å². The van der Waals surface area contributed by atoms with Crippen LogP contribution < -0.4 is 10.6 Å². The van der Waals surface area contributed by atoms with Gasteiger partial charge in [0.25, 0.3) is 5.91 Å². The molecule has 0 atom stereocenters. The maximum atomic E-state index is 13.8. The van der Waals surface area contributed by atoms with Crippen LogP contribution in [0, 0.1) is 5.82 Å². The zero-order valence-corrected chi connectivity index (χ0v) is 16.6. The number of carboxylic acids is 1. The van der Waals surface area contributed by atoms with Gasteiger partial charge in [0.1, 0.15) is 17.2 Å². The number of benzene rings is 2. The van der Waals surface area contributed by atoms with Crippen molar-refractivity contribution < 1.29 is 23.8 Å². The van der Waals surface area contributed by atoms with Gasteiger partial charge in [0.2, 0.25) is 0 Å². The Balaban J connectivity index is 1.66. The number of halogens is 1. The van der Waals surface area contributed by atoms with E-state index in [9.17, 15) is 14.0 Å². The molecule has 2 aromatic rings. The third-order valence-electron chi connectivity index (χ3n) is 5.13. The third kappa shape index (κ3) is 3.71. The lowest BCUT2D eigenvalue weighted by molar-refractivity contribution is -0.136. The first kappa shape index (κ1) is 19.8. The van der Waals surface area contributed by atoms with Crippen molar-refractivity contribution in [2.24, 2.45) is 0 Å². The second kappa shape index (κ2) is 7.42. The quantitative estimate of drug-likeness (QED) is 0.659. The largest absolute Gasteiger partial charge is 0.482 e. The van der Waals surface area contributed by atoms with Crippen LogP contribution in [0.3, 0.4) is 0 Å². The molecule has 4 rings (SSSR count). The molecule has 154 valence electrons. The highest BCUT2D eigenvalue weighted by Gasteiger charge is 2.38. The Kier molecular flexibility index (Phi) is 4.91. The highest BCUT2D eigenvalue weighted by Crippen LogP contribution is 2.44. The molecule has 0 saturated carbocycles. The van der Waals surface area contributed by atoms with E-state index in [1.807, 2.05) is 44.2 Å². The van der Waals surface area contributed by atoms with Gasteiger partial charge in [-0.25, -0.2) is 4.39 Å². The van der Waals surface area contributed by atoms with Crippen LogP contribution in [0.25, 0.3) is 11.1 Å². The molecule has 2 aromatic carbocycles. The summed E-state index contributed by atoms with van der Waals surface area (Å²) in [6, 6.07) is 11.9. The zero-order valence-electron chi connectivity index (χ0n) is 16.6. The summed E-state index contributed by atoms with van der Waals surface area (Å²) in [5.74, 6) is -1.24. The highest BCUT2D eigenvalue weighted by atomic mass is 19.1. The summed E-state index contributed by atoms with van der Waals surface area (Å²) in [6.45, 7) is 4.17. The van der Waals surface area contributed by atoms with Gasteiger partial charge in [-0.2, -0.15) is 0 Å². The zero-order chi connectivity index (χ0) is 21.5. The third-order valence-corrected chi connectivity index (χ3v) is 5.13. The predicted molar refractivity (Wildman–Crippen MR) is 111 cm³/mol. The molecular weight excluding hydrogens is 387 g/mol. The number of hydrogen-bond acceptors (Lipinski definition) is 4. The van der Waals surface area contributed by atoms with Crippen LogP contribution >= 0.6 is 0 Å². The average molecular weight is 408 g/mol. The normalized spacial score (nSPS) is 19.2. The molecule has 0 fully saturated rings. The topological polar surface area (TPSA) is 87.7 Å². The number of nitrogens with one attached hydrogen (secondary N) is 2. The van der Waals surface area contributed by atoms with Crippen LogP contribution in [0.2, 0.25) is 0 Å². The van der Waals surface area contributed by atoms with E-state index >= 15 is 0 Å². The summed E-state index contributed by atoms with van der Waals surface area (Å²) in [5.41, 5.74) is 3.47. The maximum absolute atomic E-state index is 13.8. The van der Waals surface area contributed by atoms with Gasteiger partial charge in [-0.15, -0.1) is 0 Å². The molecule has 0 saturated heterocycles. The Labute approximate surface area is 173 Å². The Hall–Kier alpha value is -3.45. The van der Waals surface area contributed by atoms with Gasteiger partial charge < -0.3 is 20.5 Å². The number of hydrogen-bond donors (Lipinski definition) is 3. The number of fused-ring (bicyclic) bond motifs is 1. The van der Waals surface area contributed by atoms with Crippen LogP contribution in [0.5, 0.6) is 0 Å². The van der Waals surface area contributed by atoms with E-state index in [2.05, 4.69) is 10.6 Å². The Morgan fingerprint density at radius 2 is 1.93 bits per heavy atom. The number of ether oxygens (including phenoxy) is 1. The van der Waals surface area contributed by atoms with Gasteiger partial charge in [0.05, 0.1) is 12.1 Å². The SMILES string of the molecule is CC1(C)O/C(=C2/C(=O)Nc3ccc(F)cc32)C=C1c1ccc(CNCC(=O)O)cc1. The molecule has 30 heavy (non-hydrogen) atoms. The Bertz CT molecular complexity index is 1100. The van der Waals surface area contributed by atoms with Crippen molar-refractivity contribution in [3.05, 3.63) is 76.8 Å². The number of anilines is 1. The van der Waals surface area contributed by atoms with E-state index < -0.39 is 17.4 Å². The van der Waals surface area contributed by atoms with Crippen LogP contribution in [0.4, 0.5) is 10.1 Å². The van der Waals surface area contributed by atoms with Crippen molar-refractivity contribution in [2.75, 3.05) is 11.9 Å². The molecule has 6 nitrogen and oxygen atoms in total. The first-order valence-electron chi connectivity index (χ1n) is 9.53. The molecule has 0 aliphatic carbocycles. The number of carboxylic acid groups (broad SMARTS) is 1. The number of amides is 1. The van der Waals surface area contributed by atoms with Crippen LogP contribution in [0.1, 0.15) is 30.5 Å². The summed E-state index contributed by atoms with van der Waals surface area (Å²) in [4.78, 5) is 23.1. The lowest BCUT2D eigenvalue weighted by Gasteiger charge is -2.23.